The summed E-state index contributed by atoms with van der Waals surface area (Å²) >= 11 is 0. The van der Waals surface area contributed by atoms with E-state index in [0.29, 0.717) is 81.8 Å². The summed E-state index contributed by atoms with van der Waals surface area (Å²) in [5.74, 6) is 1.12. The number of benzene rings is 2. The second-order valence-corrected chi connectivity index (χ2v) is 17.7. The van der Waals surface area contributed by atoms with Crippen molar-refractivity contribution in [2.24, 2.45) is 11.3 Å². The fraction of sp³-hybridized carbons (Fsp3) is 0.543. The van der Waals surface area contributed by atoms with Crippen molar-refractivity contribution in [2.75, 3.05) is 66.0 Å². The van der Waals surface area contributed by atoms with Crippen molar-refractivity contribution in [3.8, 4) is 18.1 Å². The van der Waals surface area contributed by atoms with Crippen LogP contribution in [0, 0.1) is 23.7 Å². The van der Waals surface area contributed by atoms with Crippen molar-refractivity contribution < 1.29 is 43.5 Å². The van der Waals surface area contributed by atoms with E-state index in [2.05, 4.69) is 26.8 Å². The summed E-state index contributed by atoms with van der Waals surface area (Å²) in [7, 11) is 6.08. The molecule has 0 amide bonds. The van der Waals surface area contributed by atoms with Crippen LogP contribution < -0.4 is 9.64 Å². The second-order valence-electron chi connectivity index (χ2n) is 17.7. The Labute approximate surface area is 344 Å². The van der Waals surface area contributed by atoms with Crippen molar-refractivity contribution in [3.05, 3.63) is 70.4 Å². The number of esters is 3. The number of aromatic amines is 1. The Morgan fingerprint density at radius 3 is 2.51 bits per heavy atom. The van der Waals surface area contributed by atoms with E-state index in [1.807, 2.05) is 55.3 Å². The van der Waals surface area contributed by atoms with Gasteiger partial charge in [-0.3, -0.25) is 14.5 Å². The lowest BCUT2D eigenvalue weighted by molar-refractivity contribution is -0.228. The molecule has 6 heterocycles. The third kappa shape index (κ3) is 5.16. The maximum atomic E-state index is 15.3. The van der Waals surface area contributed by atoms with Crippen LogP contribution in [0.1, 0.15) is 67.5 Å². The molecule has 1 aliphatic carbocycles. The molecule has 1 saturated carbocycles. The van der Waals surface area contributed by atoms with Crippen molar-refractivity contribution in [2.45, 2.75) is 86.7 Å². The Morgan fingerprint density at radius 2 is 1.81 bits per heavy atom. The number of nitrogens with zero attached hydrogens (tertiary/aromatic N) is 3. The smallest absolute Gasteiger partial charge is 0.344 e. The predicted molar refractivity (Wildman–Crippen MR) is 219 cm³/mol. The normalized spacial score (nSPS) is 35.5. The van der Waals surface area contributed by atoms with Crippen molar-refractivity contribution in [1.29, 1.82) is 0 Å². The number of carbonyl (C=O) groups is 3. The molecule has 1 aromatic heterocycles. The number of ether oxygens (including phenoxy) is 4. The van der Waals surface area contributed by atoms with Crippen LogP contribution in [-0.4, -0.2) is 134 Å². The third-order valence-electron chi connectivity index (χ3n) is 15.1. The molecular formula is C46H54N4O9. The Hall–Kier alpha value is -4.87. The van der Waals surface area contributed by atoms with Crippen LogP contribution >= 0.6 is 0 Å². The maximum Gasteiger partial charge on any atom is 0.344 e. The highest BCUT2D eigenvalue weighted by Gasteiger charge is 2.80. The molecule has 3 fully saturated rings. The number of nitrogens with one attached hydrogen (secondary N) is 1. The topological polar surface area (TPSA) is 154 Å². The van der Waals surface area contributed by atoms with Gasteiger partial charge in [-0.2, -0.15) is 0 Å². The van der Waals surface area contributed by atoms with Gasteiger partial charge in [0.1, 0.15) is 11.2 Å². The van der Waals surface area contributed by atoms with E-state index in [0.717, 1.165) is 33.3 Å². The summed E-state index contributed by atoms with van der Waals surface area (Å²) in [4.78, 5) is 52.9. The average molecular weight is 807 g/mol. The highest BCUT2D eigenvalue weighted by molar-refractivity contribution is 5.95. The zero-order valence-corrected chi connectivity index (χ0v) is 34.7. The molecule has 13 nitrogen and oxygen atoms in total. The van der Waals surface area contributed by atoms with Crippen LogP contribution in [0.15, 0.2) is 42.5 Å². The van der Waals surface area contributed by atoms with Gasteiger partial charge in [0.15, 0.2) is 6.10 Å². The fourth-order valence-electron chi connectivity index (χ4n) is 13.2. The SMILES string of the molecule is C#Cc1ccc2[nH]c3c(c2c1)CCN1C[C@@H](O)C[C@@H](C1)C[C@]3(C(=O)OC)c1cc2c(cc1OC)N(C)[C@H]1[C@@](O)(C(=O)OC)[C@H](OC(C)=O)[C@]3(CC)C=CCN4CC[C@]21[C@@H]43. The lowest BCUT2D eigenvalue weighted by Crippen LogP contribution is -2.81. The number of piperidine rings is 1. The van der Waals surface area contributed by atoms with Crippen molar-refractivity contribution >= 4 is 34.5 Å². The molecule has 312 valence electrons. The van der Waals surface area contributed by atoms with E-state index >= 15 is 4.79 Å². The molecule has 9 rings (SSSR count). The van der Waals surface area contributed by atoms with Crippen molar-refractivity contribution in [3.63, 3.8) is 0 Å². The number of aromatic nitrogens is 1. The molecule has 5 aliphatic heterocycles. The Kier molecular flexibility index (Phi) is 9.29. The fourth-order valence-corrected chi connectivity index (χ4v) is 13.2. The molecule has 2 bridgehead atoms. The number of terminal acetylenes is 1. The number of carbonyl (C=O) groups excluding carboxylic acids is 3. The minimum atomic E-state index is -2.31. The number of fused-ring (bicyclic) bond motifs is 6. The number of hydrogen-bond donors (Lipinski definition) is 3. The number of methoxy groups -OCH3 is 3. The first-order valence-electron chi connectivity index (χ1n) is 20.7. The highest BCUT2D eigenvalue weighted by Crippen LogP contribution is 2.68. The number of rotatable bonds is 6. The van der Waals surface area contributed by atoms with Gasteiger partial charge in [0.2, 0.25) is 5.60 Å². The minimum absolute atomic E-state index is 0.107. The molecule has 13 heteroatoms. The van der Waals surface area contributed by atoms with E-state index in [4.69, 9.17) is 25.4 Å². The summed E-state index contributed by atoms with van der Waals surface area (Å²) in [6.45, 7) is 6.47. The van der Waals surface area contributed by atoms with Gasteiger partial charge in [-0.1, -0.05) is 25.0 Å². The standard InChI is InChI=1S/C46H54N4O9/c1-8-27-11-12-34-31(20-27)30-13-17-49-24-28(19-29(52)25-49)23-45(37(30)47-34,41(53)57-6)33-21-32-35(22-36(33)56-5)48(4)39-44(32)15-18-50-16-10-14-43(9-2,38(44)50)40(59-26(3)51)46(39,55)42(54)58-7/h1,10-12,14,20-22,28-29,38-40,47,52,55H,9,13,15-19,23-25H2,2-7H3/t28-,29+,38+,39-,40-,43-,44-,45+,46+/m1/s1. The van der Waals surface area contributed by atoms with E-state index in [9.17, 15) is 19.8 Å². The molecule has 3 N–H and O–H groups in total. The number of aliphatic hydroxyl groups is 2. The van der Waals surface area contributed by atoms with E-state index < -0.39 is 58.0 Å². The van der Waals surface area contributed by atoms with Gasteiger partial charge < -0.3 is 43.9 Å². The Bertz CT molecular complexity index is 2330. The molecule has 2 aromatic carbocycles. The van der Waals surface area contributed by atoms with Crippen molar-refractivity contribution in [1.82, 2.24) is 14.8 Å². The van der Waals surface area contributed by atoms with Crippen LogP contribution in [0.25, 0.3) is 10.9 Å². The van der Waals surface area contributed by atoms with Gasteiger partial charge in [-0.05, 0) is 80.0 Å². The zero-order chi connectivity index (χ0) is 41.8. The number of hydrogen-bond acceptors (Lipinski definition) is 12. The molecule has 10 atom stereocenters. The summed E-state index contributed by atoms with van der Waals surface area (Å²) in [5.41, 5.74) is -0.361. The molecule has 2 saturated heterocycles. The first-order chi connectivity index (χ1) is 28.3. The van der Waals surface area contributed by atoms with E-state index in [1.54, 1.807) is 7.11 Å². The van der Waals surface area contributed by atoms with Gasteiger partial charge >= 0.3 is 17.9 Å². The molecule has 1 spiro atoms. The number of anilines is 1. The van der Waals surface area contributed by atoms with Gasteiger partial charge in [-0.25, -0.2) is 4.79 Å². The molecule has 59 heavy (non-hydrogen) atoms. The van der Waals surface area contributed by atoms with Crippen LogP contribution in [0.3, 0.4) is 0 Å². The molecule has 6 aliphatic rings. The monoisotopic (exact) mass is 806 g/mol. The Morgan fingerprint density at radius 1 is 1.03 bits per heavy atom. The zero-order valence-electron chi connectivity index (χ0n) is 34.7. The molecule has 3 aromatic rings. The number of likely N-dealkylation sites (N-methyl/N-ethyl adjacent to an activating group) is 1. The van der Waals surface area contributed by atoms with E-state index in [1.165, 1.54) is 21.1 Å². The maximum absolute atomic E-state index is 15.3. The van der Waals surface area contributed by atoms with E-state index in [-0.39, 0.29) is 12.0 Å². The van der Waals surface area contributed by atoms with Gasteiger partial charge in [0.05, 0.1) is 33.5 Å². The average Bonchev–Trinajstić information content (AvgIpc) is 3.89. The molecule has 0 radical (unpaired) electrons. The minimum Gasteiger partial charge on any atom is -0.496 e. The van der Waals surface area contributed by atoms with Gasteiger partial charge in [0, 0.05) is 96.5 Å². The number of H-pyrrole nitrogens is 1. The first-order valence-corrected chi connectivity index (χ1v) is 20.7. The summed E-state index contributed by atoms with van der Waals surface area (Å²) in [5, 5.41) is 25.5. The lowest BCUT2D eigenvalue weighted by atomic mass is 9.47. The van der Waals surface area contributed by atoms with Gasteiger partial charge in [-0.15, -0.1) is 6.42 Å². The lowest BCUT2D eigenvalue weighted by Gasteiger charge is -2.63. The Balaban J connectivity index is 1.37. The van der Waals surface area contributed by atoms with Crippen LogP contribution in [0.4, 0.5) is 5.69 Å². The summed E-state index contributed by atoms with van der Waals surface area (Å²) in [6, 6.07) is 8.56. The predicted octanol–water partition coefficient (Wildman–Crippen LogP) is 3.19. The molecule has 1 unspecified atom stereocenters. The second kappa shape index (κ2) is 13.8. The van der Waals surface area contributed by atoms with Gasteiger partial charge in [0.25, 0.3) is 0 Å². The first kappa shape index (κ1) is 39.6. The largest absolute Gasteiger partial charge is 0.496 e. The number of aliphatic hydroxyl groups excluding tert-OH is 1. The van der Waals surface area contributed by atoms with Crippen LogP contribution in [-0.2, 0) is 45.8 Å². The summed E-state index contributed by atoms with van der Waals surface area (Å²) in [6.07, 6.45) is 10.5. The highest BCUT2D eigenvalue weighted by atomic mass is 16.6. The quantitative estimate of drug-likeness (QED) is 0.145. The van der Waals surface area contributed by atoms with Crippen LogP contribution in [0.2, 0.25) is 0 Å². The molecular weight excluding hydrogens is 753 g/mol. The summed E-state index contributed by atoms with van der Waals surface area (Å²) < 4.78 is 23.8. The third-order valence-corrected chi connectivity index (χ3v) is 15.1. The van der Waals surface area contributed by atoms with Crippen LogP contribution in [0.5, 0.6) is 5.75 Å².